The molecule has 2 aromatic rings. The SMILES string of the molecule is CC(=O)OCn1ncc2cc(F)ccc21. The van der Waals surface area contributed by atoms with Crippen LogP contribution < -0.4 is 0 Å². The minimum absolute atomic E-state index is 0.0461. The Balaban J connectivity index is 2.32. The van der Waals surface area contributed by atoms with E-state index < -0.39 is 0 Å². The van der Waals surface area contributed by atoms with Crippen LogP contribution in [0.3, 0.4) is 0 Å². The Bertz CT molecular complexity index is 507. The average molecular weight is 208 g/mol. The summed E-state index contributed by atoms with van der Waals surface area (Å²) in [7, 11) is 0. The van der Waals surface area contributed by atoms with Crippen molar-refractivity contribution < 1.29 is 13.9 Å². The Hall–Kier alpha value is -1.91. The van der Waals surface area contributed by atoms with Crippen molar-refractivity contribution in [2.45, 2.75) is 13.7 Å². The number of rotatable bonds is 2. The fraction of sp³-hybridized carbons (Fsp3) is 0.200. The van der Waals surface area contributed by atoms with E-state index in [0.717, 1.165) is 5.52 Å². The molecule has 4 nitrogen and oxygen atoms in total. The number of hydrogen-bond donors (Lipinski definition) is 0. The summed E-state index contributed by atoms with van der Waals surface area (Å²) in [4.78, 5) is 10.6. The monoisotopic (exact) mass is 208 g/mol. The maximum Gasteiger partial charge on any atom is 0.304 e. The molecule has 0 amide bonds. The summed E-state index contributed by atoms with van der Waals surface area (Å²) in [6.45, 7) is 1.37. The Morgan fingerprint density at radius 2 is 2.40 bits per heavy atom. The molecule has 0 bridgehead atoms. The number of esters is 1. The van der Waals surface area contributed by atoms with Crippen molar-refractivity contribution in [3.63, 3.8) is 0 Å². The van der Waals surface area contributed by atoms with E-state index in [1.54, 1.807) is 6.07 Å². The van der Waals surface area contributed by atoms with Gasteiger partial charge in [-0.1, -0.05) is 0 Å². The third-order valence-corrected chi connectivity index (χ3v) is 1.99. The number of halogens is 1. The summed E-state index contributed by atoms with van der Waals surface area (Å²) in [5.74, 6) is -0.685. The van der Waals surface area contributed by atoms with Gasteiger partial charge in [-0.15, -0.1) is 0 Å². The first-order valence-electron chi connectivity index (χ1n) is 4.41. The zero-order valence-electron chi connectivity index (χ0n) is 8.11. The molecular formula is C10H9FN2O2. The van der Waals surface area contributed by atoms with E-state index in [1.165, 1.54) is 29.9 Å². The number of ether oxygens (including phenoxy) is 1. The van der Waals surface area contributed by atoms with Crippen LogP contribution in [0.5, 0.6) is 0 Å². The molecular weight excluding hydrogens is 199 g/mol. The van der Waals surface area contributed by atoms with Gasteiger partial charge in [-0.25, -0.2) is 9.07 Å². The Morgan fingerprint density at radius 3 is 3.13 bits per heavy atom. The molecule has 15 heavy (non-hydrogen) atoms. The third kappa shape index (κ3) is 1.96. The van der Waals surface area contributed by atoms with Crippen LogP contribution in [0.25, 0.3) is 10.9 Å². The van der Waals surface area contributed by atoms with Crippen LogP contribution in [0.15, 0.2) is 24.4 Å². The third-order valence-electron chi connectivity index (χ3n) is 1.99. The highest BCUT2D eigenvalue weighted by Gasteiger charge is 2.04. The minimum Gasteiger partial charge on any atom is -0.443 e. The van der Waals surface area contributed by atoms with Gasteiger partial charge in [0.2, 0.25) is 0 Å². The van der Waals surface area contributed by atoms with Gasteiger partial charge in [0.25, 0.3) is 0 Å². The van der Waals surface area contributed by atoms with Gasteiger partial charge < -0.3 is 4.74 Å². The fourth-order valence-corrected chi connectivity index (χ4v) is 1.31. The maximum atomic E-state index is 12.8. The standard InChI is InChI=1S/C10H9FN2O2/c1-7(14)15-6-13-10-3-2-9(11)4-8(10)5-12-13/h2-5H,6H2,1H3. The van der Waals surface area contributed by atoms with Crippen LogP contribution in [0.4, 0.5) is 4.39 Å². The fourth-order valence-electron chi connectivity index (χ4n) is 1.31. The van der Waals surface area contributed by atoms with E-state index in [9.17, 15) is 9.18 Å². The molecule has 0 spiro atoms. The largest absolute Gasteiger partial charge is 0.443 e. The van der Waals surface area contributed by atoms with Crippen molar-refractivity contribution in [1.29, 1.82) is 0 Å². The van der Waals surface area contributed by atoms with Crippen molar-refractivity contribution in [3.8, 4) is 0 Å². The molecule has 2 rings (SSSR count). The summed E-state index contributed by atoms with van der Waals surface area (Å²) in [5.41, 5.74) is 0.734. The molecule has 1 aromatic heterocycles. The van der Waals surface area contributed by atoms with Gasteiger partial charge in [-0.2, -0.15) is 5.10 Å². The van der Waals surface area contributed by atoms with Crippen LogP contribution in [0, 0.1) is 5.82 Å². The topological polar surface area (TPSA) is 44.1 Å². The number of fused-ring (bicyclic) bond motifs is 1. The van der Waals surface area contributed by atoms with Crippen LogP contribution in [-0.4, -0.2) is 15.7 Å². The summed E-state index contributed by atoms with van der Waals surface area (Å²) in [6.07, 6.45) is 1.53. The summed E-state index contributed by atoms with van der Waals surface area (Å²) in [6, 6.07) is 4.32. The van der Waals surface area contributed by atoms with E-state index in [2.05, 4.69) is 5.10 Å². The molecule has 0 aliphatic carbocycles. The number of nitrogens with zero attached hydrogens (tertiary/aromatic N) is 2. The molecule has 0 N–H and O–H groups in total. The number of carbonyl (C=O) groups is 1. The van der Waals surface area contributed by atoms with E-state index in [4.69, 9.17) is 4.74 Å². The molecule has 0 aliphatic rings. The van der Waals surface area contributed by atoms with Crippen molar-refractivity contribution in [3.05, 3.63) is 30.2 Å². The maximum absolute atomic E-state index is 12.8. The van der Waals surface area contributed by atoms with Crippen molar-refractivity contribution in [2.24, 2.45) is 0 Å². The Kier molecular flexibility index (Phi) is 2.37. The Morgan fingerprint density at radius 1 is 1.60 bits per heavy atom. The highest BCUT2D eigenvalue weighted by Crippen LogP contribution is 2.14. The first-order valence-corrected chi connectivity index (χ1v) is 4.41. The molecule has 0 unspecified atom stereocenters. The van der Waals surface area contributed by atoms with Crippen LogP contribution >= 0.6 is 0 Å². The molecule has 78 valence electrons. The molecule has 1 aromatic carbocycles. The van der Waals surface area contributed by atoms with E-state index >= 15 is 0 Å². The molecule has 0 aliphatic heterocycles. The normalized spacial score (nSPS) is 10.5. The van der Waals surface area contributed by atoms with Gasteiger partial charge in [0.1, 0.15) is 5.82 Å². The lowest BCUT2D eigenvalue weighted by atomic mass is 10.2. The summed E-state index contributed by atoms with van der Waals surface area (Å²) in [5, 5.41) is 4.66. The molecule has 0 saturated carbocycles. The highest BCUT2D eigenvalue weighted by molar-refractivity contribution is 5.78. The second-order valence-electron chi connectivity index (χ2n) is 3.11. The second-order valence-corrected chi connectivity index (χ2v) is 3.11. The molecule has 0 fully saturated rings. The van der Waals surface area contributed by atoms with Gasteiger partial charge >= 0.3 is 5.97 Å². The van der Waals surface area contributed by atoms with E-state index in [-0.39, 0.29) is 18.5 Å². The molecule has 5 heteroatoms. The van der Waals surface area contributed by atoms with Gasteiger partial charge in [0.15, 0.2) is 6.73 Å². The zero-order chi connectivity index (χ0) is 10.8. The van der Waals surface area contributed by atoms with Crippen LogP contribution in [-0.2, 0) is 16.3 Å². The van der Waals surface area contributed by atoms with Crippen molar-refractivity contribution in [2.75, 3.05) is 0 Å². The predicted octanol–water partition coefficient (Wildman–Crippen LogP) is 1.70. The lowest BCUT2D eigenvalue weighted by Crippen LogP contribution is -2.07. The van der Waals surface area contributed by atoms with Gasteiger partial charge in [-0.3, -0.25) is 4.79 Å². The van der Waals surface area contributed by atoms with E-state index in [1.807, 2.05) is 0 Å². The first kappa shape index (κ1) is 9.64. The van der Waals surface area contributed by atoms with Crippen LogP contribution in [0.1, 0.15) is 6.92 Å². The summed E-state index contributed by atoms with van der Waals surface area (Å²) >= 11 is 0. The number of aromatic nitrogens is 2. The van der Waals surface area contributed by atoms with Crippen molar-refractivity contribution in [1.82, 2.24) is 9.78 Å². The van der Waals surface area contributed by atoms with Crippen LogP contribution in [0.2, 0.25) is 0 Å². The van der Waals surface area contributed by atoms with Gasteiger partial charge in [0, 0.05) is 12.3 Å². The predicted molar refractivity (Wildman–Crippen MR) is 51.5 cm³/mol. The first-order chi connectivity index (χ1) is 7.16. The Labute approximate surface area is 85.3 Å². The summed E-state index contributed by atoms with van der Waals surface area (Å²) < 4.78 is 19.1. The molecule has 1 heterocycles. The van der Waals surface area contributed by atoms with Gasteiger partial charge in [-0.05, 0) is 18.2 Å². The molecule has 0 saturated heterocycles. The molecule has 0 atom stereocenters. The average Bonchev–Trinajstić information content (AvgIpc) is 2.57. The van der Waals surface area contributed by atoms with E-state index in [0.29, 0.717) is 5.39 Å². The molecule has 0 radical (unpaired) electrons. The number of benzene rings is 1. The quantitative estimate of drug-likeness (QED) is 0.705. The zero-order valence-corrected chi connectivity index (χ0v) is 8.11. The lowest BCUT2D eigenvalue weighted by Gasteiger charge is -2.02. The van der Waals surface area contributed by atoms with Gasteiger partial charge in [0.05, 0.1) is 11.7 Å². The second kappa shape index (κ2) is 3.68. The van der Waals surface area contributed by atoms with Crippen molar-refractivity contribution >= 4 is 16.9 Å². The smallest absolute Gasteiger partial charge is 0.304 e. The lowest BCUT2D eigenvalue weighted by molar-refractivity contribution is -0.144. The highest BCUT2D eigenvalue weighted by atomic mass is 19.1. The number of hydrogen-bond acceptors (Lipinski definition) is 3. The number of carbonyl (C=O) groups excluding carboxylic acids is 1. The minimum atomic E-state index is -0.374.